The minimum atomic E-state index is -0.634. The van der Waals surface area contributed by atoms with Crippen molar-refractivity contribution in [1.29, 1.82) is 0 Å². The number of halogens is 2. The third-order valence-corrected chi connectivity index (χ3v) is 1.60. The second-order valence-electron chi connectivity index (χ2n) is 2.02. The van der Waals surface area contributed by atoms with Gasteiger partial charge in [0, 0.05) is 10.0 Å². The van der Waals surface area contributed by atoms with E-state index in [0.717, 1.165) is 6.07 Å². The Hall–Kier alpha value is -0.900. The Bertz CT molecular complexity index is 280. The molecule has 1 aromatic rings. The number of hydrogen-bond acceptors (Lipinski definition) is 1. The molecule has 0 aromatic heterocycles. The predicted molar refractivity (Wildman–Crippen MR) is 42.6 cm³/mol. The van der Waals surface area contributed by atoms with Gasteiger partial charge in [-0.3, -0.25) is 4.79 Å². The van der Waals surface area contributed by atoms with E-state index in [1.54, 1.807) is 0 Å². The molecule has 0 aliphatic heterocycles. The zero-order chi connectivity index (χ0) is 8.43. The number of nitrogens with two attached hydrogens (primary N) is 1. The number of hydrogen-bond donors (Lipinski definition) is 1. The van der Waals surface area contributed by atoms with Gasteiger partial charge < -0.3 is 5.73 Å². The van der Waals surface area contributed by atoms with Crippen LogP contribution in [0.15, 0.2) is 22.7 Å². The molecule has 0 atom stereocenters. The van der Waals surface area contributed by atoms with Gasteiger partial charge in [-0.25, -0.2) is 4.39 Å². The Balaban J connectivity index is 3.19. The van der Waals surface area contributed by atoms with Gasteiger partial charge in [0.05, 0.1) is 0 Å². The molecule has 0 heterocycles. The van der Waals surface area contributed by atoms with Crippen LogP contribution in [-0.4, -0.2) is 5.91 Å². The van der Waals surface area contributed by atoms with E-state index in [1.165, 1.54) is 12.1 Å². The maximum atomic E-state index is 12.6. The summed E-state index contributed by atoms with van der Waals surface area (Å²) < 4.78 is 13.1. The van der Waals surface area contributed by atoms with Crippen molar-refractivity contribution in [2.45, 2.75) is 0 Å². The normalized spacial score (nSPS) is 9.64. The fourth-order valence-corrected chi connectivity index (χ4v) is 1.16. The molecule has 0 unspecified atom stereocenters. The van der Waals surface area contributed by atoms with Gasteiger partial charge in [0.25, 0.3) is 0 Å². The van der Waals surface area contributed by atoms with E-state index in [-0.39, 0.29) is 5.56 Å². The zero-order valence-corrected chi connectivity index (χ0v) is 7.06. The van der Waals surface area contributed by atoms with Gasteiger partial charge in [0.2, 0.25) is 5.91 Å². The van der Waals surface area contributed by atoms with E-state index < -0.39 is 11.7 Å². The summed E-state index contributed by atoms with van der Waals surface area (Å²) in [6, 6.07) is 3.81. The predicted octanol–water partition coefficient (Wildman–Crippen LogP) is 1.69. The molecule has 0 aliphatic carbocycles. The molecule has 0 aliphatic rings. The molecule has 2 nitrogen and oxygen atoms in total. The average Bonchev–Trinajstić information content (AvgIpc) is 1.85. The average molecular weight is 218 g/mol. The number of carbonyl (C=O) groups is 1. The third-order valence-electron chi connectivity index (χ3n) is 1.15. The van der Waals surface area contributed by atoms with Crippen LogP contribution in [0.25, 0.3) is 0 Å². The van der Waals surface area contributed by atoms with Crippen molar-refractivity contribution in [2.24, 2.45) is 5.73 Å². The van der Waals surface area contributed by atoms with E-state index in [1.807, 2.05) is 0 Å². The summed E-state index contributed by atoms with van der Waals surface area (Å²) in [5, 5.41) is 0. The first kappa shape index (κ1) is 8.20. The molecule has 0 bridgehead atoms. The van der Waals surface area contributed by atoms with Crippen LogP contribution in [0.3, 0.4) is 0 Å². The monoisotopic (exact) mass is 217 g/mol. The number of benzene rings is 1. The largest absolute Gasteiger partial charge is 0.366 e. The van der Waals surface area contributed by atoms with E-state index in [4.69, 9.17) is 5.73 Å². The van der Waals surface area contributed by atoms with Crippen LogP contribution in [-0.2, 0) is 0 Å². The minimum absolute atomic E-state index is 0.164. The van der Waals surface area contributed by atoms with Crippen LogP contribution in [0, 0.1) is 5.82 Å². The highest BCUT2D eigenvalue weighted by atomic mass is 79.9. The van der Waals surface area contributed by atoms with Crippen LogP contribution in [0.2, 0.25) is 0 Å². The molecular formula is C7H5BrFNO. The minimum Gasteiger partial charge on any atom is -0.366 e. The zero-order valence-electron chi connectivity index (χ0n) is 5.47. The van der Waals surface area contributed by atoms with E-state index in [2.05, 4.69) is 15.9 Å². The maximum Gasteiger partial charge on any atom is 0.248 e. The number of primary amides is 1. The molecule has 2 N–H and O–H groups in total. The fraction of sp³-hybridized carbons (Fsp3) is 0. The Labute approximate surface area is 71.3 Å². The van der Waals surface area contributed by atoms with E-state index in [0.29, 0.717) is 4.47 Å². The van der Waals surface area contributed by atoms with Crippen molar-refractivity contribution in [2.75, 3.05) is 0 Å². The molecule has 4 heteroatoms. The number of amides is 1. The van der Waals surface area contributed by atoms with Gasteiger partial charge in [-0.1, -0.05) is 15.9 Å². The molecule has 0 saturated carbocycles. The summed E-state index contributed by atoms with van der Waals surface area (Å²) >= 11 is 3.03. The Morgan fingerprint density at radius 1 is 1.45 bits per heavy atom. The molecule has 0 spiro atoms. The standard InChI is InChI=1S/C7H5BrFNO/c8-5-1-4(7(10)11)2-6(9)3-5/h1-3H,(H2,10,11). The Kier molecular flexibility index (Phi) is 2.24. The Morgan fingerprint density at radius 2 is 2.09 bits per heavy atom. The first-order valence-corrected chi connectivity index (χ1v) is 3.65. The van der Waals surface area contributed by atoms with Gasteiger partial charge in [-0.05, 0) is 18.2 Å². The first-order chi connectivity index (χ1) is 5.09. The molecule has 1 rings (SSSR count). The number of carbonyl (C=O) groups excluding carboxylic acids is 1. The van der Waals surface area contributed by atoms with E-state index >= 15 is 0 Å². The SMILES string of the molecule is NC(=O)c1cc(F)cc(Br)c1. The van der Waals surface area contributed by atoms with Gasteiger partial charge in [0.1, 0.15) is 5.82 Å². The van der Waals surface area contributed by atoms with Crippen LogP contribution in [0.4, 0.5) is 4.39 Å². The second kappa shape index (κ2) is 3.00. The van der Waals surface area contributed by atoms with Crippen molar-refractivity contribution < 1.29 is 9.18 Å². The summed E-state index contributed by atoms with van der Waals surface area (Å²) in [5.74, 6) is -1.11. The van der Waals surface area contributed by atoms with E-state index in [9.17, 15) is 9.18 Å². The lowest BCUT2D eigenvalue weighted by atomic mass is 10.2. The smallest absolute Gasteiger partial charge is 0.248 e. The van der Waals surface area contributed by atoms with Gasteiger partial charge >= 0.3 is 0 Å². The van der Waals surface area contributed by atoms with Gasteiger partial charge in [0.15, 0.2) is 0 Å². The summed E-state index contributed by atoms with van der Waals surface area (Å²) in [6.07, 6.45) is 0. The van der Waals surface area contributed by atoms with Gasteiger partial charge in [-0.2, -0.15) is 0 Å². The highest BCUT2D eigenvalue weighted by Crippen LogP contribution is 2.14. The number of rotatable bonds is 1. The summed E-state index contributed by atoms with van der Waals surface area (Å²) in [7, 11) is 0. The van der Waals surface area contributed by atoms with Crippen molar-refractivity contribution in [3.8, 4) is 0 Å². The second-order valence-corrected chi connectivity index (χ2v) is 2.94. The van der Waals surface area contributed by atoms with Crippen LogP contribution in [0.5, 0.6) is 0 Å². The quantitative estimate of drug-likeness (QED) is 0.765. The molecule has 1 aromatic carbocycles. The maximum absolute atomic E-state index is 12.6. The summed E-state index contributed by atoms with van der Waals surface area (Å²) in [6.45, 7) is 0. The highest BCUT2D eigenvalue weighted by Gasteiger charge is 2.02. The molecule has 58 valence electrons. The Morgan fingerprint density at radius 3 is 2.55 bits per heavy atom. The van der Waals surface area contributed by atoms with Crippen molar-refractivity contribution >= 4 is 21.8 Å². The fourth-order valence-electron chi connectivity index (χ4n) is 0.696. The van der Waals surface area contributed by atoms with Gasteiger partial charge in [-0.15, -0.1) is 0 Å². The molecule has 1 amide bonds. The van der Waals surface area contributed by atoms with Crippen molar-refractivity contribution in [3.05, 3.63) is 34.1 Å². The topological polar surface area (TPSA) is 43.1 Å². The molecule has 0 fully saturated rings. The van der Waals surface area contributed by atoms with Crippen molar-refractivity contribution in [3.63, 3.8) is 0 Å². The van der Waals surface area contributed by atoms with Crippen LogP contribution in [0.1, 0.15) is 10.4 Å². The molecular weight excluding hydrogens is 213 g/mol. The molecule has 0 radical (unpaired) electrons. The molecule has 0 saturated heterocycles. The first-order valence-electron chi connectivity index (χ1n) is 2.85. The van der Waals surface area contributed by atoms with Crippen molar-refractivity contribution in [1.82, 2.24) is 0 Å². The van der Waals surface area contributed by atoms with Crippen LogP contribution < -0.4 is 5.73 Å². The lowest BCUT2D eigenvalue weighted by Gasteiger charge is -1.96. The lowest BCUT2D eigenvalue weighted by molar-refractivity contribution is 0.1000. The van der Waals surface area contributed by atoms with Crippen LogP contribution >= 0.6 is 15.9 Å². The lowest BCUT2D eigenvalue weighted by Crippen LogP contribution is -2.10. The molecule has 11 heavy (non-hydrogen) atoms. The highest BCUT2D eigenvalue weighted by molar-refractivity contribution is 9.10. The summed E-state index contributed by atoms with van der Waals surface area (Å²) in [5.41, 5.74) is 5.09. The third kappa shape index (κ3) is 2.01. The summed E-state index contributed by atoms with van der Waals surface area (Å²) in [4.78, 5) is 10.5.